The molecule has 0 aliphatic heterocycles. The Morgan fingerprint density at radius 1 is 0.750 bits per heavy atom. The Labute approximate surface area is 287 Å². The maximum atomic E-state index is 9.75. The summed E-state index contributed by atoms with van der Waals surface area (Å²) in [5, 5.41) is 5.96. The van der Waals surface area contributed by atoms with Crippen molar-refractivity contribution in [3.8, 4) is 0 Å². The Morgan fingerprint density at radius 3 is 1.81 bits per heavy atom. The minimum Gasteiger partial charge on any atom is -0.418 e. The molecule has 4 aromatic rings. The first-order chi connectivity index (χ1) is 23.1. The van der Waals surface area contributed by atoms with Gasteiger partial charge in [-0.2, -0.15) is 0 Å². The average molecular weight is 675 g/mol. The van der Waals surface area contributed by atoms with Crippen LogP contribution in [-0.4, -0.2) is 48.6 Å². The normalized spacial score (nSPS) is 14.9. The second-order valence-corrected chi connectivity index (χ2v) is 12.0. The first-order valence-corrected chi connectivity index (χ1v) is 17.1. The molecule has 5 rings (SSSR count). The van der Waals surface area contributed by atoms with E-state index < -0.39 is 7.25 Å². The minimum atomic E-state index is -6.00. The molecule has 1 aliphatic rings. The Morgan fingerprint density at radius 2 is 1.27 bits per heavy atom. The van der Waals surface area contributed by atoms with Crippen molar-refractivity contribution >= 4 is 51.8 Å². The highest BCUT2D eigenvalue weighted by Crippen LogP contribution is 2.34. The van der Waals surface area contributed by atoms with Crippen molar-refractivity contribution in [1.29, 1.82) is 0 Å². The van der Waals surface area contributed by atoms with Crippen LogP contribution < -0.4 is 0 Å². The van der Waals surface area contributed by atoms with Crippen LogP contribution in [0.2, 0.25) is 0 Å². The van der Waals surface area contributed by atoms with E-state index in [0.717, 1.165) is 50.5 Å². The third kappa shape index (κ3) is 9.96. The third-order valence-corrected chi connectivity index (χ3v) is 9.13. The number of fused-ring (bicyclic) bond motifs is 2. The molecule has 1 aliphatic carbocycles. The molecule has 0 saturated heterocycles. The van der Waals surface area contributed by atoms with Gasteiger partial charge in [-0.25, -0.2) is 4.58 Å². The SMILES string of the molecule is CCN(CC)/C(=C/C=C1\CCCC(/C=C/C(c2ccc3ccccc3c2)=[N+](CC)CC)=C1Cl)c1ccc2ccccc2c1.F[B-](F)(F)F. The van der Waals surface area contributed by atoms with Gasteiger partial charge in [0.15, 0.2) is 0 Å². The fraction of sp³-hybridized carbons (Fsp3) is 0.275. The zero-order chi connectivity index (χ0) is 34.7. The molecule has 0 bridgehead atoms. The maximum Gasteiger partial charge on any atom is 0.673 e. The van der Waals surface area contributed by atoms with Gasteiger partial charge in [-0.15, -0.1) is 0 Å². The standard InChI is InChI=1S/C40H44ClN2.BF4/c1-5-42(6-2)38(36-22-20-30-14-9-11-16-34(30)28-36)26-24-32-18-13-19-33(40(32)41)25-27-39(43(7-3)8-4)37-23-21-31-15-10-12-17-35(31)29-37;2-1(3,4)5/h9-12,14-17,20-29H,5-8,13,18-19H2,1-4H3;/q+1;-1. The van der Waals surface area contributed by atoms with E-state index >= 15 is 0 Å². The number of benzene rings is 4. The second kappa shape index (κ2) is 17.3. The highest BCUT2D eigenvalue weighted by Gasteiger charge is 2.21. The van der Waals surface area contributed by atoms with Gasteiger partial charge in [0.1, 0.15) is 13.1 Å². The molecule has 4 aromatic carbocycles. The van der Waals surface area contributed by atoms with Crippen LogP contribution in [0.3, 0.4) is 0 Å². The van der Waals surface area contributed by atoms with Crippen LogP contribution in [0.4, 0.5) is 17.3 Å². The topological polar surface area (TPSA) is 6.25 Å². The van der Waals surface area contributed by atoms with Gasteiger partial charge in [0.2, 0.25) is 5.71 Å². The van der Waals surface area contributed by atoms with E-state index in [0.29, 0.717) is 0 Å². The molecule has 0 spiro atoms. The summed E-state index contributed by atoms with van der Waals surface area (Å²) in [7, 11) is -6.00. The van der Waals surface area contributed by atoms with Crippen molar-refractivity contribution in [2.24, 2.45) is 0 Å². The van der Waals surface area contributed by atoms with Gasteiger partial charge < -0.3 is 22.2 Å². The Bertz CT molecular complexity index is 1850. The van der Waals surface area contributed by atoms with Crippen molar-refractivity contribution in [2.45, 2.75) is 47.0 Å². The summed E-state index contributed by atoms with van der Waals surface area (Å²) in [6, 6.07) is 30.7. The molecule has 0 atom stereocenters. The second-order valence-electron chi connectivity index (χ2n) is 11.6. The van der Waals surface area contributed by atoms with Crippen LogP contribution in [0.15, 0.2) is 125 Å². The van der Waals surface area contributed by atoms with E-state index in [1.165, 1.54) is 55.2 Å². The Balaban J connectivity index is 0.000000968. The van der Waals surface area contributed by atoms with Crippen LogP contribution in [0.1, 0.15) is 58.1 Å². The summed E-state index contributed by atoms with van der Waals surface area (Å²) in [4.78, 5) is 2.43. The predicted octanol–water partition coefficient (Wildman–Crippen LogP) is 11.7. The van der Waals surface area contributed by atoms with Gasteiger partial charge >= 0.3 is 7.25 Å². The predicted molar refractivity (Wildman–Crippen MR) is 198 cm³/mol. The zero-order valence-electron chi connectivity index (χ0n) is 28.2. The number of rotatable bonds is 10. The molecule has 0 N–H and O–H groups in total. The summed E-state index contributed by atoms with van der Waals surface area (Å²) >= 11 is 7.15. The highest BCUT2D eigenvalue weighted by molar-refractivity contribution is 6.50. The first-order valence-electron chi connectivity index (χ1n) is 16.8. The van der Waals surface area contributed by atoms with Crippen LogP contribution >= 0.6 is 11.6 Å². The molecule has 2 nitrogen and oxygen atoms in total. The summed E-state index contributed by atoms with van der Waals surface area (Å²) in [5.41, 5.74) is 7.39. The molecule has 0 heterocycles. The van der Waals surface area contributed by atoms with Gasteiger partial charge in [-0.3, -0.25) is 0 Å². The van der Waals surface area contributed by atoms with E-state index in [1.54, 1.807) is 0 Å². The molecular weight excluding hydrogens is 631 g/mol. The number of halogens is 5. The van der Waals surface area contributed by atoms with Crippen LogP contribution in [-0.2, 0) is 0 Å². The maximum absolute atomic E-state index is 9.75. The van der Waals surface area contributed by atoms with Crippen molar-refractivity contribution in [3.05, 3.63) is 137 Å². The fourth-order valence-corrected chi connectivity index (χ4v) is 6.48. The van der Waals surface area contributed by atoms with E-state index in [-0.39, 0.29) is 0 Å². The molecule has 0 amide bonds. The van der Waals surface area contributed by atoms with Crippen molar-refractivity contribution in [1.82, 2.24) is 4.90 Å². The molecule has 0 aromatic heterocycles. The lowest BCUT2D eigenvalue weighted by Crippen LogP contribution is -2.21. The lowest BCUT2D eigenvalue weighted by Gasteiger charge is -2.25. The molecule has 48 heavy (non-hydrogen) atoms. The Hall–Kier alpha value is -4.10. The molecule has 0 radical (unpaired) electrons. The minimum absolute atomic E-state index is 0.897. The zero-order valence-corrected chi connectivity index (χ0v) is 29.0. The average Bonchev–Trinajstić information content (AvgIpc) is 3.08. The summed E-state index contributed by atoms with van der Waals surface area (Å²) < 4.78 is 41.4. The summed E-state index contributed by atoms with van der Waals surface area (Å²) in [6.45, 7) is 12.7. The molecule has 252 valence electrons. The van der Waals surface area contributed by atoms with Crippen LogP contribution in [0.5, 0.6) is 0 Å². The Kier molecular flexibility index (Phi) is 13.3. The largest absolute Gasteiger partial charge is 0.673 e. The lowest BCUT2D eigenvalue weighted by atomic mass is 9.93. The summed E-state index contributed by atoms with van der Waals surface area (Å²) in [6.07, 6.45) is 12.2. The highest BCUT2D eigenvalue weighted by atomic mass is 35.5. The van der Waals surface area contributed by atoms with Crippen molar-refractivity contribution in [2.75, 3.05) is 26.2 Å². The van der Waals surface area contributed by atoms with E-state index in [4.69, 9.17) is 11.6 Å². The van der Waals surface area contributed by atoms with Gasteiger partial charge in [-0.05, 0) is 109 Å². The van der Waals surface area contributed by atoms with Crippen molar-refractivity contribution < 1.29 is 21.8 Å². The van der Waals surface area contributed by atoms with Gasteiger partial charge in [0.25, 0.3) is 0 Å². The molecular formula is C40H44BClF4N2. The number of hydrogen-bond donors (Lipinski definition) is 0. The van der Waals surface area contributed by atoms with Gasteiger partial charge in [0, 0.05) is 35.5 Å². The third-order valence-electron chi connectivity index (χ3n) is 8.64. The quantitative estimate of drug-likeness (QED) is 0.0702. The first kappa shape index (κ1) is 36.7. The molecule has 0 fully saturated rings. The summed E-state index contributed by atoms with van der Waals surface area (Å²) in [5.74, 6) is 0. The smallest absolute Gasteiger partial charge is 0.418 e. The molecule has 0 unspecified atom stereocenters. The fourth-order valence-electron chi connectivity index (χ4n) is 6.16. The van der Waals surface area contributed by atoms with Crippen LogP contribution in [0.25, 0.3) is 27.2 Å². The van der Waals surface area contributed by atoms with E-state index in [9.17, 15) is 17.3 Å². The van der Waals surface area contributed by atoms with E-state index in [1.807, 2.05) is 0 Å². The van der Waals surface area contributed by atoms with Crippen LogP contribution in [0, 0.1) is 0 Å². The molecule has 0 saturated carbocycles. The lowest BCUT2D eigenvalue weighted by molar-refractivity contribution is -0.519. The van der Waals surface area contributed by atoms with E-state index in [2.05, 4.69) is 146 Å². The van der Waals surface area contributed by atoms with Gasteiger partial charge in [-0.1, -0.05) is 90.5 Å². The number of hydrogen-bond acceptors (Lipinski definition) is 1. The van der Waals surface area contributed by atoms with Crippen molar-refractivity contribution in [3.63, 3.8) is 0 Å². The monoisotopic (exact) mass is 674 g/mol. The van der Waals surface area contributed by atoms with Gasteiger partial charge in [0.05, 0.1) is 0 Å². The molecule has 8 heteroatoms. The number of nitrogens with zero attached hydrogens (tertiary/aromatic N) is 2. The number of allylic oxidation sites excluding steroid dienone is 7.